The van der Waals surface area contributed by atoms with E-state index in [2.05, 4.69) is 12.2 Å². The summed E-state index contributed by atoms with van der Waals surface area (Å²) in [6.45, 7) is 2.13. The number of hydrogen-bond donors (Lipinski definition) is 1. The third-order valence-corrected chi connectivity index (χ3v) is 6.33. The lowest BCUT2D eigenvalue weighted by Gasteiger charge is -2.21. The Hall–Kier alpha value is -0.820. The second-order valence-electron chi connectivity index (χ2n) is 5.01. The molecule has 1 fully saturated rings. The van der Waals surface area contributed by atoms with Gasteiger partial charge in [0.1, 0.15) is 0 Å². The van der Waals surface area contributed by atoms with E-state index in [0.29, 0.717) is 11.3 Å². The van der Waals surface area contributed by atoms with E-state index in [-0.39, 0.29) is 4.90 Å². The number of halogens is 2. The van der Waals surface area contributed by atoms with E-state index in [0.717, 1.165) is 17.9 Å². The van der Waals surface area contributed by atoms with E-state index in [1.165, 1.54) is 25.0 Å². The van der Waals surface area contributed by atoms with E-state index in [1.54, 1.807) is 12.1 Å². The van der Waals surface area contributed by atoms with Crippen LogP contribution in [-0.2, 0) is 9.84 Å². The number of thioether (sulfide) groups is 1. The molecule has 3 nitrogen and oxygen atoms in total. The molecule has 1 aromatic carbocycles. The Morgan fingerprint density at radius 2 is 1.95 bits per heavy atom. The van der Waals surface area contributed by atoms with Crippen LogP contribution < -0.4 is 5.32 Å². The molecule has 0 aromatic heterocycles. The largest absolute Gasteiger partial charge is 0.381 e. The van der Waals surface area contributed by atoms with Crippen LogP contribution in [0.3, 0.4) is 0 Å². The lowest BCUT2D eigenvalue weighted by molar-refractivity contribution is 0.234. The Kier molecular flexibility index (Phi) is 5.48. The molecule has 1 aromatic rings. The minimum atomic E-state index is -4.51. The van der Waals surface area contributed by atoms with Gasteiger partial charge in [-0.05, 0) is 42.9 Å². The van der Waals surface area contributed by atoms with Crippen LogP contribution >= 0.6 is 11.8 Å². The highest BCUT2D eigenvalue weighted by atomic mass is 32.2. The van der Waals surface area contributed by atoms with Gasteiger partial charge in [-0.25, -0.2) is 8.42 Å². The van der Waals surface area contributed by atoms with Crippen LogP contribution in [0.4, 0.5) is 14.5 Å². The number of anilines is 1. The molecule has 118 valence electrons. The summed E-state index contributed by atoms with van der Waals surface area (Å²) in [5, 5.41) is 3.94. The van der Waals surface area contributed by atoms with Crippen molar-refractivity contribution in [3.63, 3.8) is 0 Å². The molecule has 0 radical (unpaired) electrons. The minimum Gasteiger partial charge on any atom is -0.381 e. The molecule has 1 N–H and O–H groups in total. The Labute approximate surface area is 128 Å². The molecule has 0 saturated heterocycles. The molecule has 1 aliphatic rings. The SMILES string of the molecule is CCSC1CCCC1Nc1ccc(S(=O)(=O)C(F)F)cc1. The van der Waals surface area contributed by atoms with Crippen molar-refractivity contribution in [1.29, 1.82) is 0 Å². The van der Waals surface area contributed by atoms with Crippen molar-refractivity contribution >= 4 is 27.3 Å². The number of hydrogen-bond acceptors (Lipinski definition) is 4. The van der Waals surface area contributed by atoms with Gasteiger partial charge in [-0.2, -0.15) is 20.5 Å². The summed E-state index contributed by atoms with van der Waals surface area (Å²) >= 11 is 1.92. The Balaban J connectivity index is 2.06. The summed E-state index contributed by atoms with van der Waals surface area (Å²) in [4.78, 5) is -0.339. The first-order valence-electron chi connectivity index (χ1n) is 6.95. The summed E-state index contributed by atoms with van der Waals surface area (Å²) < 4.78 is 47.6. The summed E-state index contributed by atoms with van der Waals surface area (Å²) in [7, 11) is -4.51. The third kappa shape index (κ3) is 3.88. The smallest absolute Gasteiger partial charge is 0.341 e. The van der Waals surface area contributed by atoms with Crippen LogP contribution in [0.1, 0.15) is 26.2 Å². The van der Waals surface area contributed by atoms with Crippen LogP contribution in [0, 0.1) is 0 Å². The van der Waals surface area contributed by atoms with Gasteiger partial charge >= 0.3 is 5.76 Å². The first-order chi connectivity index (χ1) is 9.95. The van der Waals surface area contributed by atoms with Gasteiger partial charge in [0.05, 0.1) is 4.90 Å². The normalized spacial score (nSPS) is 22.7. The quantitative estimate of drug-likeness (QED) is 0.859. The molecule has 7 heteroatoms. The maximum Gasteiger partial charge on any atom is 0.341 e. The number of benzene rings is 1. The van der Waals surface area contributed by atoms with E-state index in [1.807, 2.05) is 11.8 Å². The molecule has 2 unspecified atom stereocenters. The average Bonchev–Trinajstić information content (AvgIpc) is 2.87. The summed E-state index contributed by atoms with van der Waals surface area (Å²) in [6.07, 6.45) is 3.43. The molecule has 0 amide bonds. The van der Waals surface area contributed by atoms with E-state index < -0.39 is 15.6 Å². The summed E-state index contributed by atoms with van der Waals surface area (Å²) in [5.74, 6) is -2.31. The molecule has 1 aliphatic carbocycles. The fraction of sp³-hybridized carbons (Fsp3) is 0.571. The summed E-state index contributed by atoms with van der Waals surface area (Å²) in [6, 6.07) is 5.94. The van der Waals surface area contributed by atoms with Gasteiger partial charge in [0.15, 0.2) is 0 Å². The standard InChI is InChI=1S/C14H19F2NO2S2/c1-2-20-13-5-3-4-12(13)17-10-6-8-11(9-7-10)21(18,19)14(15)16/h6-9,12-14,17H,2-5H2,1H3. The topological polar surface area (TPSA) is 46.2 Å². The first-order valence-corrected chi connectivity index (χ1v) is 9.55. The highest BCUT2D eigenvalue weighted by molar-refractivity contribution is 7.99. The second kappa shape index (κ2) is 6.96. The van der Waals surface area contributed by atoms with Crippen LogP contribution in [0.5, 0.6) is 0 Å². The molecule has 0 spiro atoms. The highest BCUT2D eigenvalue weighted by Crippen LogP contribution is 2.32. The lowest BCUT2D eigenvalue weighted by Crippen LogP contribution is -2.26. The van der Waals surface area contributed by atoms with Gasteiger partial charge in [0.25, 0.3) is 0 Å². The predicted octanol–water partition coefficient (Wildman–Crippen LogP) is 3.77. The average molecular weight is 335 g/mol. The maximum absolute atomic E-state index is 12.5. The van der Waals surface area contributed by atoms with Crippen LogP contribution in [0.2, 0.25) is 0 Å². The molecule has 0 aliphatic heterocycles. The number of alkyl halides is 2. The fourth-order valence-electron chi connectivity index (χ4n) is 2.56. The fourth-order valence-corrected chi connectivity index (χ4v) is 4.48. The van der Waals surface area contributed by atoms with Gasteiger partial charge in [-0.1, -0.05) is 13.3 Å². The zero-order chi connectivity index (χ0) is 15.5. The highest BCUT2D eigenvalue weighted by Gasteiger charge is 2.28. The van der Waals surface area contributed by atoms with Gasteiger partial charge in [-0.3, -0.25) is 0 Å². The Morgan fingerprint density at radius 3 is 2.52 bits per heavy atom. The van der Waals surface area contributed by atoms with Gasteiger partial charge in [0, 0.05) is 17.0 Å². The zero-order valence-corrected chi connectivity index (χ0v) is 13.4. The second-order valence-corrected chi connectivity index (χ2v) is 8.44. The van der Waals surface area contributed by atoms with Crippen molar-refractivity contribution in [3.8, 4) is 0 Å². The van der Waals surface area contributed by atoms with Crippen LogP contribution in [0.15, 0.2) is 29.2 Å². The third-order valence-electron chi connectivity index (χ3n) is 3.60. The lowest BCUT2D eigenvalue weighted by atomic mass is 10.2. The molecule has 0 heterocycles. The van der Waals surface area contributed by atoms with Crippen molar-refractivity contribution in [3.05, 3.63) is 24.3 Å². The monoisotopic (exact) mass is 335 g/mol. The van der Waals surface area contributed by atoms with Gasteiger partial charge in [-0.15, -0.1) is 0 Å². The number of nitrogens with one attached hydrogen (secondary N) is 1. The van der Waals surface area contributed by atoms with Crippen molar-refractivity contribution in [2.24, 2.45) is 0 Å². The molecule has 21 heavy (non-hydrogen) atoms. The zero-order valence-electron chi connectivity index (χ0n) is 11.8. The Morgan fingerprint density at radius 1 is 1.29 bits per heavy atom. The van der Waals surface area contributed by atoms with Crippen molar-refractivity contribution in [1.82, 2.24) is 0 Å². The molecular weight excluding hydrogens is 316 g/mol. The molecule has 2 rings (SSSR count). The van der Waals surface area contributed by atoms with Crippen LogP contribution in [0.25, 0.3) is 0 Å². The number of sulfone groups is 1. The van der Waals surface area contributed by atoms with Gasteiger partial charge in [0.2, 0.25) is 9.84 Å². The first kappa shape index (κ1) is 16.5. The molecular formula is C14H19F2NO2S2. The molecule has 2 atom stereocenters. The molecule has 0 bridgehead atoms. The van der Waals surface area contributed by atoms with Crippen LogP contribution in [-0.4, -0.2) is 31.2 Å². The van der Waals surface area contributed by atoms with E-state index >= 15 is 0 Å². The van der Waals surface area contributed by atoms with Gasteiger partial charge < -0.3 is 5.32 Å². The van der Waals surface area contributed by atoms with Crippen molar-refractivity contribution < 1.29 is 17.2 Å². The van der Waals surface area contributed by atoms with Crippen molar-refractivity contribution in [2.45, 2.75) is 48.1 Å². The van der Waals surface area contributed by atoms with E-state index in [9.17, 15) is 17.2 Å². The maximum atomic E-state index is 12.5. The number of rotatable bonds is 6. The van der Waals surface area contributed by atoms with Crippen molar-refractivity contribution in [2.75, 3.05) is 11.1 Å². The summed E-state index contributed by atoms with van der Waals surface area (Å²) in [5.41, 5.74) is 0.775. The minimum absolute atomic E-state index is 0.339. The molecule has 1 saturated carbocycles. The Bertz CT molecular complexity index is 561. The predicted molar refractivity (Wildman–Crippen MR) is 82.8 cm³/mol. The van der Waals surface area contributed by atoms with E-state index in [4.69, 9.17) is 0 Å².